The molecule has 14 nitrogen and oxygen atoms in total. The second kappa shape index (κ2) is 16.9. The molecule has 3 N–H and O–H groups in total. The quantitative estimate of drug-likeness (QED) is 0.0821. The van der Waals surface area contributed by atoms with Crippen molar-refractivity contribution in [2.75, 3.05) is 68.4 Å². The van der Waals surface area contributed by atoms with E-state index in [2.05, 4.69) is 42.8 Å². The lowest BCUT2D eigenvalue weighted by Gasteiger charge is -2.38. The number of fused-ring (bicyclic) bond motifs is 1. The van der Waals surface area contributed by atoms with Crippen LogP contribution in [0.3, 0.4) is 0 Å². The molecule has 0 spiro atoms. The van der Waals surface area contributed by atoms with Crippen molar-refractivity contribution in [3.63, 3.8) is 0 Å². The predicted octanol–water partition coefficient (Wildman–Crippen LogP) is 5.97. The number of halogens is 1. The minimum absolute atomic E-state index is 0.0811. The zero-order valence-electron chi connectivity index (χ0n) is 32.1. The van der Waals surface area contributed by atoms with Crippen LogP contribution in [-0.2, 0) is 14.2 Å². The Morgan fingerprint density at radius 2 is 1.75 bits per heavy atom. The number of amides is 4. The second-order valence-electron chi connectivity index (χ2n) is 14.6. The molecule has 0 bridgehead atoms. The molecule has 0 radical (unpaired) electrons. The van der Waals surface area contributed by atoms with E-state index in [1.54, 1.807) is 32.6 Å². The topological polar surface area (TPSA) is 166 Å². The standard InChI is InChI=1S/C40H44ClN8O6PS/c1-47(20-21-57-33-11-7-8-26-35(33)39(53)49(38(26)52)30-14-15-34(50)45-37(30)51)24-16-18-48(19-17-24)25-12-13-28(31(22-25)55-2)44-40-42-23-27(41)36(46-40)43-29-9-5-6-10-32(29)56(3,4)54/h5-13,22-24,30H,14-21H2,1-4H3,(H,45,50,51)(H2,42,43,44,46). The Kier molecular flexibility index (Phi) is 11.9. The third-order valence-electron chi connectivity index (χ3n) is 10.5. The Morgan fingerprint density at radius 1 is 0.982 bits per heavy atom. The van der Waals surface area contributed by atoms with Crippen molar-refractivity contribution in [3.8, 4) is 5.75 Å². The number of piperidine rings is 2. The summed E-state index contributed by atoms with van der Waals surface area (Å²) in [6.45, 7) is 5.93. The van der Waals surface area contributed by atoms with Crippen LogP contribution in [0.4, 0.5) is 28.8 Å². The van der Waals surface area contributed by atoms with Gasteiger partial charge >= 0.3 is 0 Å². The van der Waals surface area contributed by atoms with Crippen LogP contribution < -0.4 is 30.9 Å². The number of thioether (sulfide) groups is 1. The van der Waals surface area contributed by atoms with Crippen LogP contribution in [0.25, 0.3) is 0 Å². The van der Waals surface area contributed by atoms with Crippen molar-refractivity contribution in [1.29, 1.82) is 0 Å². The molecule has 4 amide bonds. The minimum atomic E-state index is -2.56. The summed E-state index contributed by atoms with van der Waals surface area (Å²) in [4.78, 5) is 66.2. The molecule has 1 aromatic heterocycles. The van der Waals surface area contributed by atoms with Crippen molar-refractivity contribution in [1.82, 2.24) is 25.1 Å². The maximum atomic E-state index is 13.5. The Balaban J connectivity index is 0.931. The van der Waals surface area contributed by atoms with Gasteiger partial charge < -0.3 is 29.7 Å². The zero-order valence-corrected chi connectivity index (χ0v) is 34.5. The number of nitrogens with one attached hydrogen (secondary N) is 3. The van der Waals surface area contributed by atoms with E-state index in [0.29, 0.717) is 67.0 Å². The molecule has 0 saturated carbocycles. The third kappa shape index (κ3) is 8.67. The van der Waals surface area contributed by atoms with Crippen molar-refractivity contribution in [2.45, 2.75) is 42.7 Å². The monoisotopic (exact) mass is 830 g/mol. The van der Waals surface area contributed by atoms with Crippen molar-refractivity contribution >= 4 is 88.3 Å². The summed E-state index contributed by atoms with van der Waals surface area (Å²) in [6, 6.07) is 18.0. The fraction of sp³-hybridized carbons (Fsp3) is 0.350. The number of methoxy groups -OCH3 is 1. The van der Waals surface area contributed by atoms with Gasteiger partial charge in [0.25, 0.3) is 11.8 Å². The highest BCUT2D eigenvalue weighted by Crippen LogP contribution is 2.39. The van der Waals surface area contributed by atoms with Crippen LogP contribution in [0.1, 0.15) is 46.4 Å². The van der Waals surface area contributed by atoms with E-state index in [1.807, 2.05) is 48.5 Å². The highest BCUT2D eigenvalue weighted by molar-refractivity contribution is 7.99. The highest BCUT2D eigenvalue weighted by Gasteiger charge is 2.45. The van der Waals surface area contributed by atoms with Crippen LogP contribution in [-0.4, -0.2) is 108 Å². The number of nitrogens with zero attached hydrogens (tertiary/aromatic N) is 5. The average molecular weight is 831 g/mol. The molecule has 3 aliphatic rings. The molecule has 2 saturated heterocycles. The number of hydrogen-bond donors (Lipinski definition) is 3. The van der Waals surface area contributed by atoms with Crippen LogP contribution in [0.2, 0.25) is 5.02 Å². The SMILES string of the molecule is COc1cc(N2CCC(N(C)CCSc3cccc4c3C(=O)N(C3CCC(=O)NC3=O)C4=O)CC2)ccc1Nc1ncc(Cl)c(Nc2ccccc2P(C)(C)=O)n1. The lowest BCUT2D eigenvalue weighted by molar-refractivity contribution is -0.136. The fourth-order valence-electron chi connectivity index (χ4n) is 7.44. The first-order chi connectivity index (χ1) is 27.3. The number of carbonyl (C=O) groups is 4. The molecule has 3 aliphatic heterocycles. The van der Waals surface area contributed by atoms with Gasteiger partial charge in [-0.15, -0.1) is 11.8 Å². The fourth-order valence-corrected chi connectivity index (χ4v) is 9.85. The van der Waals surface area contributed by atoms with Gasteiger partial charge in [0, 0.05) is 59.8 Å². The number of benzene rings is 3. The number of ether oxygens (including phenoxy) is 1. The van der Waals surface area contributed by atoms with Gasteiger partial charge in [0.15, 0.2) is 5.82 Å². The van der Waals surface area contributed by atoms with Gasteiger partial charge in [-0.05, 0) is 76.0 Å². The smallest absolute Gasteiger partial charge is 0.263 e. The highest BCUT2D eigenvalue weighted by atomic mass is 35.5. The molecule has 17 heteroatoms. The maximum absolute atomic E-state index is 13.5. The largest absolute Gasteiger partial charge is 0.494 e. The lowest BCUT2D eigenvalue weighted by Crippen LogP contribution is -2.54. The van der Waals surface area contributed by atoms with Crippen LogP contribution in [0.5, 0.6) is 5.75 Å². The van der Waals surface area contributed by atoms with Crippen LogP contribution in [0.15, 0.2) is 71.8 Å². The number of imide groups is 2. The number of rotatable bonds is 13. The molecule has 1 unspecified atom stereocenters. The van der Waals surface area contributed by atoms with Crippen molar-refractivity contribution < 1.29 is 28.5 Å². The van der Waals surface area contributed by atoms with E-state index in [9.17, 15) is 23.7 Å². The summed E-state index contributed by atoms with van der Waals surface area (Å²) >= 11 is 7.99. The number of hydrogen-bond acceptors (Lipinski definition) is 13. The normalized spacial score (nSPS) is 17.5. The summed E-state index contributed by atoms with van der Waals surface area (Å²) in [6.07, 6.45) is 3.63. The van der Waals surface area contributed by atoms with E-state index in [-0.39, 0.29) is 12.8 Å². The molecule has 1 atom stereocenters. The molecular formula is C40H44ClN8O6PS. The van der Waals surface area contributed by atoms with Gasteiger partial charge in [-0.2, -0.15) is 4.98 Å². The maximum Gasteiger partial charge on any atom is 0.263 e. The van der Waals surface area contributed by atoms with Gasteiger partial charge in [0.2, 0.25) is 17.8 Å². The molecule has 3 aromatic carbocycles. The third-order valence-corrected chi connectivity index (χ3v) is 13.4. The Hall–Kier alpha value is -4.95. The number of aromatic nitrogens is 2. The van der Waals surface area contributed by atoms with Gasteiger partial charge in [-0.3, -0.25) is 29.4 Å². The van der Waals surface area contributed by atoms with Crippen molar-refractivity contribution in [2.24, 2.45) is 0 Å². The first-order valence-corrected chi connectivity index (χ1v) is 22.6. The first kappa shape index (κ1) is 40.3. The zero-order chi connectivity index (χ0) is 40.4. The Morgan fingerprint density at radius 3 is 2.49 bits per heavy atom. The lowest BCUT2D eigenvalue weighted by atomic mass is 10.0. The van der Waals surface area contributed by atoms with Gasteiger partial charge in [0.1, 0.15) is 24.0 Å². The molecule has 0 aliphatic carbocycles. The number of carbonyl (C=O) groups excluding carboxylic acids is 4. The minimum Gasteiger partial charge on any atom is -0.494 e. The Bertz CT molecular complexity index is 2280. The molecule has 298 valence electrons. The van der Waals surface area contributed by atoms with Crippen LogP contribution in [0, 0.1) is 0 Å². The van der Waals surface area contributed by atoms with E-state index < -0.39 is 36.8 Å². The van der Waals surface area contributed by atoms with E-state index >= 15 is 0 Å². The number of anilines is 5. The van der Waals surface area contributed by atoms with E-state index in [4.69, 9.17) is 16.3 Å². The second-order valence-corrected chi connectivity index (χ2v) is 19.3. The summed E-state index contributed by atoms with van der Waals surface area (Å²) in [5.74, 6) is 0.0346. The molecular weight excluding hydrogens is 787 g/mol. The van der Waals surface area contributed by atoms with Crippen LogP contribution >= 0.6 is 30.5 Å². The summed E-state index contributed by atoms with van der Waals surface area (Å²) < 4.78 is 18.7. The molecule has 4 heterocycles. The van der Waals surface area contributed by atoms with Crippen molar-refractivity contribution in [3.05, 3.63) is 83.0 Å². The molecule has 57 heavy (non-hydrogen) atoms. The summed E-state index contributed by atoms with van der Waals surface area (Å²) in [5.41, 5.74) is 3.02. The van der Waals surface area contributed by atoms with Gasteiger partial charge in [-0.1, -0.05) is 29.8 Å². The first-order valence-electron chi connectivity index (χ1n) is 18.6. The predicted molar refractivity (Wildman–Crippen MR) is 224 cm³/mol. The summed E-state index contributed by atoms with van der Waals surface area (Å²) in [7, 11) is 1.17. The van der Waals surface area contributed by atoms with E-state index in [0.717, 1.165) is 43.1 Å². The molecule has 4 aromatic rings. The Labute approximate surface area is 340 Å². The summed E-state index contributed by atoms with van der Waals surface area (Å²) in [5, 5.41) is 9.75. The molecule has 7 rings (SSSR count). The van der Waals surface area contributed by atoms with Gasteiger partial charge in [0.05, 0.1) is 35.8 Å². The molecule has 2 fully saturated rings. The average Bonchev–Trinajstić information content (AvgIpc) is 3.45. The van der Waals surface area contributed by atoms with E-state index in [1.165, 1.54) is 18.0 Å². The number of para-hydroxylation sites is 1. The van der Waals surface area contributed by atoms with Gasteiger partial charge in [-0.25, -0.2) is 4.98 Å².